The highest BCUT2D eigenvalue weighted by Gasteiger charge is 2.43. The van der Waals surface area contributed by atoms with Crippen molar-refractivity contribution in [1.29, 1.82) is 0 Å². The third-order valence-electron chi connectivity index (χ3n) is 10.3. The van der Waals surface area contributed by atoms with Crippen molar-refractivity contribution in [3.05, 3.63) is 108 Å². The number of aryl methyl sites for hydroxylation is 1. The van der Waals surface area contributed by atoms with Crippen molar-refractivity contribution in [3.63, 3.8) is 0 Å². The summed E-state index contributed by atoms with van der Waals surface area (Å²) in [5.41, 5.74) is 11.9. The van der Waals surface area contributed by atoms with Gasteiger partial charge < -0.3 is 31.4 Å². The van der Waals surface area contributed by atoms with Gasteiger partial charge in [-0.15, -0.1) is 6.58 Å². The van der Waals surface area contributed by atoms with Crippen LogP contribution in [0.2, 0.25) is 0 Å². The maximum atomic E-state index is 14.0. The Balaban J connectivity index is 1.10. The van der Waals surface area contributed by atoms with Crippen molar-refractivity contribution in [2.75, 3.05) is 13.2 Å². The molecule has 10 heteroatoms. The van der Waals surface area contributed by atoms with E-state index in [4.69, 9.17) is 10.5 Å². The fraction of sp³-hybridized carbons (Fsp3) is 0.366. The van der Waals surface area contributed by atoms with E-state index in [1.54, 1.807) is 0 Å². The summed E-state index contributed by atoms with van der Waals surface area (Å²) in [5, 5.41) is 9.70. The predicted molar refractivity (Wildman–Crippen MR) is 198 cm³/mol. The second-order valence-electron chi connectivity index (χ2n) is 14.0. The Morgan fingerprint density at radius 1 is 0.980 bits per heavy atom. The van der Waals surface area contributed by atoms with Gasteiger partial charge in [0.15, 0.2) is 0 Å². The normalized spacial score (nSPS) is 15.9. The van der Waals surface area contributed by atoms with Gasteiger partial charge in [0.2, 0.25) is 17.7 Å². The molecule has 266 valence electrons. The van der Waals surface area contributed by atoms with Gasteiger partial charge >= 0.3 is 6.09 Å². The van der Waals surface area contributed by atoms with Gasteiger partial charge in [-0.25, -0.2) is 4.79 Å². The van der Waals surface area contributed by atoms with E-state index < -0.39 is 35.4 Å². The largest absolute Gasteiger partial charge is 0.449 e. The molecule has 3 aromatic carbocycles. The quantitative estimate of drug-likeness (QED) is 0.104. The van der Waals surface area contributed by atoms with Gasteiger partial charge in [0.25, 0.3) is 0 Å². The summed E-state index contributed by atoms with van der Waals surface area (Å²) in [4.78, 5) is 56.5. The van der Waals surface area contributed by atoms with Crippen molar-refractivity contribution >= 4 is 34.7 Å². The van der Waals surface area contributed by atoms with Crippen LogP contribution >= 0.6 is 0 Å². The number of aromatic nitrogens is 1. The van der Waals surface area contributed by atoms with Crippen LogP contribution in [0.25, 0.3) is 22.0 Å². The minimum Gasteiger partial charge on any atom is -0.449 e. The summed E-state index contributed by atoms with van der Waals surface area (Å²) in [6, 6.07) is 23.3. The number of carbonyl (C=O) groups excluding carboxylic acids is 4. The fourth-order valence-corrected chi connectivity index (χ4v) is 7.68. The van der Waals surface area contributed by atoms with E-state index in [0.717, 1.165) is 45.3 Å². The predicted octanol–water partition coefficient (Wildman–Crippen LogP) is 5.93. The molecule has 6 rings (SSSR count). The number of primary amides is 1. The lowest BCUT2D eigenvalue weighted by Crippen LogP contribution is -2.63. The van der Waals surface area contributed by atoms with Crippen LogP contribution in [0.3, 0.4) is 0 Å². The van der Waals surface area contributed by atoms with Crippen molar-refractivity contribution in [3.8, 4) is 11.1 Å². The Kier molecular flexibility index (Phi) is 10.9. The standard InChI is InChI=1S/C41H47N5O5/c1-3-11-27(21-29-22-28-20-26(2)16-17-35(28)44-29)24-43-38(48)36(23-37(42)47)45-39(49)41(18-9-4-10-19-41)46-40(50)51-25-34-32-14-7-5-12-30(32)31-13-6-8-15-33(31)34/h3,5-8,12-17,20,22,27,34,36,44H,1,4,9-11,18-19,21,23-25H2,2H3,(H2,42,47)(H,43,48)(H,45,49)(H,46,50)/t27-,36+/m1/s1. The number of fused-ring (bicyclic) bond motifs is 4. The number of hydrogen-bond acceptors (Lipinski definition) is 5. The van der Waals surface area contributed by atoms with Crippen LogP contribution in [0.15, 0.2) is 85.5 Å². The zero-order valence-electron chi connectivity index (χ0n) is 29.1. The molecule has 0 unspecified atom stereocenters. The highest BCUT2D eigenvalue weighted by molar-refractivity contribution is 5.96. The number of hydrogen-bond donors (Lipinski definition) is 5. The third-order valence-corrected chi connectivity index (χ3v) is 10.3. The number of amides is 4. The van der Waals surface area contributed by atoms with E-state index in [2.05, 4.69) is 70.8 Å². The van der Waals surface area contributed by atoms with Crippen LogP contribution in [0.1, 0.15) is 73.2 Å². The topological polar surface area (TPSA) is 155 Å². The van der Waals surface area contributed by atoms with Gasteiger partial charge in [-0.3, -0.25) is 14.4 Å². The van der Waals surface area contributed by atoms with Crippen molar-refractivity contribution in [2.45, 2.75) is 75.8 Å². The summed E-state index contributed by atoms with van der Waals surface area (Å²) in [5.74, 6) is -1.89. The fourth-order valence-electron chi connectivity index (χ4n) is 7.68. The first-order valence-corrected chi connectivity index (χ1v) is 17.8. The molecule has 6 N–H and O–H groups in total. The molecule has 2 atom stereocenters. The van der Waals surface area contributed by atoms with Gasteiger partial charge in [0.1, 0.15) is 18.2 Å². The lowest BCUT2D eigenvalue weighted by Gasteiger charge is -2.37. The lowest BCUT2D eigenvalue weighted by molar-refractivity contribution is -0.135. The molecule has 0 spiro atoms. The van der Waals surface area contributed by atoms with Crippen molar-refractivity contribution < 1.29 is 23.9 Å². The van der Waals surface area contributed by atoms with Gasteiger partial charge in [0, 0.05) is 23.7 Å². The van der Waals surface area contributed by atoms with E-state index >= 15 is 0 Å². The SMILES string of the molecule is C=CC[C@@H](CNC(=O)[C@H](CC(N)=O)NC(=O)C1(NC(=O)OCC2c3ccccc3-c3ccccc32)CCCCC1)Cc1cc2cc(C)ccc2[nH]1. The molecule has 0 radical (unpaired) electrons. The molecule has 1 aromatic heterocycles. The maximum absolute atomic E-state index is 14.0. The number of alkyl carbamates (subject to hydrolysis) is 1. The van der Waals surface area contributed by atoms with E-state index in [1.165, 1.54) is 5.56 Å². The monoisotopic (exact) mass is 689 g/mol. The third kappa shape index (κ3) is 8.17. The molecule has 0 saturated heterocycles. The van der Waals surface area contributed by atoms with Crippen LogP contribution in [0.5, 0.6) is 0 Å². The van der Waals surface area contributed by atoms with E-state index in [0.29, 0.717) is 45.1 Å². The van der Waals surface area contributed by atoms with E-state index in [-0.39, 0.29) is 24.9 Å². The molecule has 10 nitrogen and oxygen atoms in total. The highest BCUT2D eigenvalue weighted by atomic mass is 16.5. The molecule has 1 fully saturated rings. The van der Waals surface area contributed by atoms with Crippen LogP contribution in [0, 0.1) is 12.8 Å². The summed E-state index contributed by atoms with van der Waals surface area (Å²) in [7, 11) is 0. The molecule has 2 aliphatic carbocycles. The number of aromatic amines is 1. The lowest BCUT2D eigenvalue weighted by atomic mass is 9.80. The van der Waals surface area contributed by atoms with Crippen molar-refractivity contribution in [2.24, 2.45) is 11.7 Å². The smallest absolute Gasteiger partial charge is 0.408 e. The average molecular weight is 690 g/mol. The Bertz CT molecular complexity index is 1880. The molecule has 1 heterocycles. The zero-order valence-corrected chi connectivity index (χ0v) is 29.1. The first kappa shape index (κ1) is 35.4. The number of ether oxygens (including phenoxy) is 1. The second-order valence-corrected chi connectivity index (χ2v) is 14.0. The van der Waals surface area contributed by atoms with Crippen LogP contribution in [0.4, 0.5) is 4.79 Å². The van der Waals surface area contributed by atoms with Crippen molar-refractivity contribution in [1.82, 2.24) is 20.9 Å². The van der Waals surface area contributed by atoms with Gasteiger partial charge in [-0.1, -0.05) is 85.5 Å². The summed E-state index contributed by atoms with van der Waals surface area (Å²) in [6.07, 6.45) is 5.12. The molecule has 1 saturated carbocycles. The molecular formula is C41H47N5O5. The Labute approximate surface area is 298 Å². The van der Waals surface area contributed by atoms with Crippen LogP contribution in [-0.2, 0) is 25.5 Å². The van der Waals surface area contributed by atoms with Crippen LogP contribution in [-0.4, -0.2) is 53.5 Å². The highest BCUT2D eigenvalue weighted by Crippen LogP contribution is 2.44. The number of nitrogens with two attached hydrogens (primary N) is 1. The Morgan fingerprint density at radius 2 is 1.67 bits per heavy atom. The number of rotatable bonds is 14. The summed E-state index contributed by atoms with van der Waals surface area (Å²) in [6.45, 7) is 6.35. The number of carbonyl (C=O) groups is 4. The minimum absolute atomic E-state index is 0.0189. The van der Waals surface area contributed by atoms with E-state index in [9.17, 15) is 19.2 Å². The number of benzene rings is 3. The Morgan fingerprint density at radius 3 is 2.33 bits per heavy atom. The number of allylic oxidation sites excluding steroid dienone is 1. The number of nitrogens with one attached hydrogen (secondary N) is 4. The second kappa shape index (κ2) is 15.7. The number of H-pyrrole nitrogens is 1. The first-order chi connectivity index (χ1) is 24.7. The van der Waals surface area contributed by atoms with Crippen LogP contribution < -0.4 is 21.7 Å². The summed E-state index contributed by atoms with van der Waals surface area (Å²) >= 11 is 0. The first-order valence-electron chi connectivity index (χ1n) is 17.8. The maximum Gasteiger partial charge on any atom is 0.408 e. The minimum atomic E-state index is -1.30. The Hall–Kier alpha value is -5.38. The molecule has 4 amide bonds. The summed E-state index contributed by atoms with van der Waals surface area (Å²) < 4.78 is 5.80. The molecule has 0 aliphatic heterocycles. The molecule has 51 heavy (non-hydrogen) atoms. The molecule has 0 bridgehead atoms. The molecule has 2 aliphatic rings. The van der Waals surface area contributed by atoms with Gasteiger partial charge in [-0.05, 0) is 84.4 Å². The zero-order chi connectivity index (χ0) is 36.0. The van der Waals surface area contributed by atoms with Gasteiger partial charge in [-0.2, -0.15) is 0 Å². The molecular weight excluding hydrogens is 642 g/mol. The van der Waals surface area contributed by atoms with Gasteiger partial charge in [0.05, 0.1) is 6.42 Å². The average Bonchev–Trinajstić information content (AvgIpc) is 3.67. The van der Waals surface area contributed by atoms with E-state index in [1.807, 2.05) is 42.5 Å². The molecule has 4 aromatic rings.